The summed E-state index contributed by atoms with van der Waals surface area (Å²) in [6, 6.07) is 2.19. The Bertz CT molecular complexity index is 433. The number of ether oxygens (including phenoxy) is 1. The number of hydrogen-bond donors (Lipinski definition) is 2. The van der Waals surface area contributed by atoms with Crippen LogP contribution in [0.1, 0.15) is 45.9 Å². The first-order valence-corrected chi connectivity index (χ1v) is 7.02. The van der Waals surface area contributed by atoms with Crippen LogP contribution in [0.25, 0.3) is 0 Å². The first kappa shape index (κ1) is 14.1. The van der Waals surface area contributed by atoms with Crippen molar-refractivity contribution in [2.24, 2.45) is 0 Å². The number of anilines is 2. The van der Waals surface area contributed by atoms with Crippen LogP contribution in [0.2, 0.25) is 0 Å². The molecule has 1 unspecified atom stereocenters. The zero-order valence-electron chi connectivity index (χ0n) is 12.1. The van der Waals surface area contributed by atoms with E-state index in [2.05, 4.69) is 36.1 Å². The van der Waals surface area contributed by atoms with Crippen molar-refractivity contribution in [3.8, 4) is 0 Å². The fourth-order valence-corrected chi connectivity index (χ4v) is 2.49. The number of nitrogen functional groups attached to an aromatic ring is 1. The topological polar surface area (TPSA) is 73.1 Å². The van der Waals surface area contributed by atoms with Crippen LogP contribution >= 0.6 is 0 Å². The Morgan fingerprint density at radius 3 is 2.95 bits per heavy atom. The largest absolute Gasteiger partial charge is 0.384 e. The number of aryl methyl sites for hydroxylation is 1. The zero-order chi connectivity index (χ0) is 13.9. The highest BCUT2D eigenvalue weighted by molar-refractivity contribution is 5.45. The van der Waals surface area contributed by atoms with Crippen LogP contribution in [-0.4, -0.2) is 28.2 Å². The lowest BCUT2D eigenvalue weighted by Gasteiger charge is -2.36. The molecule has 1 aromatic heterocycles. The van der Waals surface area contributed by atoms with Gasteiger partial charge in [-0.15, -0.1) is 0 Å². The Balaban J connectivity index is 2.06. The highest BCUT2D eigenvalue weighted by Crippen LogP contribution is 2.26. The minimum atomic E-state index is -0.0687. The second-order valence-electron chi connectivity index (χ2n) is 5.79. The van der Waals surface area contributed by atoms with Gasteiger partial charge in [-0.3, -0.25) is 0 Å². The highest BCUT2D eigenvalue weighted by Gasteiger charge is 2.28. The van der Waals surface area contributed by atoms with Gasteiger partial charge in [-0.2, -0.15) is 0 Å². The third-order valence-electron chi connectivity index (χ3n) is 3.31. The Kier molecular flexibility index (Phi) is 4.24. The number of nitrogens with one attached hydrogen (secondary N) is 1. The van der Waals surface area contributed by atoms with E-state index in [4.69, 9.17) is 10.5 Å². The summed E-state index contributed by atoms with van der Waals surface area (Å²) < 4.78 is 5.72. The molecule has 0 saturated carbocycles. The molecule has 106 valence electrons. The van der Waals surface area contributed by atoms with Crippen LogP contribution < -0.4 is 11.1 Å². The van der Waals surface area contributed by atoms with E-state index in [1.165, 1.54) is 0 Å². The molecule has 1 saturated heterocycles. The molecule has 19 heavy (non-hydrogen) atoms. The highest BCUT2D eigenvalue weighted by atomic mass is 16.5. The molecule has 5 heteroatoms. The van der Waals surface area contributed by atoms with Gasteiger partial charge in [0, 0.05) is 25.1 Å². The third kappa shape index (κ3) is 4.06. The van der Waals surface area contributed by atoms with Gasteiger partial charge in [0.25, 0.3) is 0 Å². The SMILES string of the molecule is CCCc1nc(N)cc(NC2CCOC(C)(C)C2)n1. The van der Waals surface area contributed by atoms with E-state index >= 15 is 0 Å². The second-order valence-corrected chi connectivity index (χ2v) is 5.79. The molecule has 1 atom stereocenters. The van der Waals surface area contributed by atoms with Crippen LogP contribution in [0.15, 0.2) is 6.07 Å². The first-order chi connectivity index (χ1) is 8.98. The summed E-state index contributed by atoms with van der Waals surface area (Å²) in [5, 5.41) is 3.46. The van der Waals surface area contributed by atoms with Gasteiger partial charge in [-0.25, -0.2) is 9.97 Å². The smallest absolute Gasteiger partial charge is 0.133 e. The summed E-state index contributed by atoms with van der Waals surface area (Å²) in [4.78, 5) is 8.77. The predicted molar refractivity (Wildman–Crippen MR) is 77.1 cm³/mol. The Morgan fingerprint density at radius 1 is 1.47 bits per heavy atom. The van der Waals surface area contributed by atoms with Crippen molar-refractivity contribution in [1.82, 2.24) is 9.97 Å². The number of aromatic nitrogens is 2. The molecule has 3 N–H and O–H groups in total. The van der Waals surface area contributed by atoms with Crippen molar-refractivity contribution in [3.63, 3.8) is 0 Å². The lowest BCUT2D eigenvalue weighted by Crippen LogP contribution is -2.40. The van der Waals surface area contributed by atoms with Gasteiger partial charge in [0.05, 0.1) is 5.60 Å². The van der Waals surface area contributed by atoms with E-state index < -0.39 is 0 Å². The fraction of sp³-hybridized carbons (Fsp3) is 0.714. The molecule has 1 fully saturated rings. The lowest BCUT2D eigenvalue weighted by molar-refractivity contribution is -0.0553. The minimum absolute atomic E-state index is 0.0687. The van der Waals surface area contributed by atoms with Crippen LogP contribution in [0.5, 0.6) is 0 Å². The summed E-state index contributed by atoms with van der Waals surface area (Å²) in [5.41, 5.74) is 5.76. The second kappa shape index (κ2) is 5.74. The van der Waals surface area contributed by atoms with E-state index in [1.807, 2.05) is 6.07 Å². The number of nitrogens with two attached hydrogens (primary N) is 1. The first-order valence-electron chi connectivity index (χ1n) is 7.02. The number of rotatable bonds is 4. The third-order valence-corrected chi connectivity index (χ3v) is 3.31. The Labute approximate surface area is 115 Å². The van der Waals surface area contributed by atoms with Crippen LogP contribution in [-0.2, 0) is 11.2 Å². The van der Waals surface area contributed by atoms with Gasteiger partial charge in [-0.1, -0.05) is 6.92 Å². The summed E-state index contributed by atoms with van der Waals surface area (Å²) in [7, 11) is 0. The molecule has 5 nitrogen and oxygen atoms in total. The zero-order valence-corrected chi connectivity index (χ0v) is 12.1. The average molecular weight is 264 g/mol. The summed E-state index contributed by atoms with van der Waals surface area (Å²) in [5.74, 6) is 2.18. The summed E-state index contributed by atoms with van der Waals surface area (Å²) >= 11 is 0. The van der Waals surface area contributed by atoms with Crippen molar-refractivity contribution in [3.05, 3.63) is 11.9 Å². The van der Waals surface area contributed by atoms with Gasteiger partial charge >= 0.3 is 0 Å². The molecule has 0 radical (unpaired) electrons. The maximum absolute atomic E-state index is 5.83. The van der Waals surface area contributed by atoms with Crippen molar-refractivity contribution in [2.75, 3.05) is 17.7 Å². The molecule has 1 aliphatic heterocycles. The molecule has 1 aliphatic rings. The van der Waals surface area contributed by atoms with Crippen LogP contribution in [0, 0.1) is 0 Å². The standard InChI is InChI=1S/C14H24N4O/c1-4-5-12-17-11(15)8-13(18-12)16-10-6-7-19-14(2,3)9-10/h8,10H,4-7,9H2,1-3H3,(H3,15,16,17,18). The molecule has 0 bridgehead atoms. The fourth-order valence-electron chi connectivity index (χ4n) is 2.49. The van der Waals surface area contributed by atoms with E-state index in [9.17, 15) is 0 Å². The summed E-state index contributed by atoms with van der Waals surface area (Å²) in [6.07, 6.45) is 3.85. The molecule has 0 amide bonds. The molecule has 1 aromatic rings. The van der Waals surface area contributed by atoms with Crippen LogP contribution in [0.3, 0.4) is 0 Å². The van der Waals surface area contributed by atoms with E-state index in [1.54, 1.807) is 0 Å². The molecule has 0 spiro atoms. The van der Waals surface area contributed by atoms with E-state index in [-0.39, 0.29) is 5.60 Å². The Morgan fingerprint density at radius 2 is 2.26 bits per heavy atom. The molecular weight excluding hydrogens is 240 g/mol. The van der Waals surface area contributed by atoms with Crippen molar-refractivity contribution < 1.29 is 4.74 Å². The quantitative estimate of drug-likeness (QED) is 0.873. The predicted octanol–water partition coefficient (Wildman–Crippen LogP) is 2.38. The van der Waals surface area contributed by atoms with Gasteiger partial charge in [0.2, 0.25) is 0 Å². The molecular formula is C14H24N4O. The lowest BCUT2D eigenvalue weighted by atomic mass is 9.94. The molecule has 0 aliphatic carbocycles. The van der Waals surface area contributed by atoms with Gasteiger partial charge in [0.1, 0.15) is 17.5 Å². The summed E-state index contributed by atoms with van der Waals surface area (Å²) in [6.45, 7) is 7.14. The maximum Gasteiger partial charge on any atom is 0.133 e. The normalized spacial score (nSPS) is 22.2. The van der Waals surface area contributed by atoms with E-state index in [0.29, 0.717) is 11.9 Å². The van der Waals surface area contributed by atoms with Crippen molar-refractivity contribution in [2.45, 2.75) is 58.1 Å². The van der Waals surface area contributed by atoms with Crippen LogP contribution in [0.4, 0.5) is 11.6 Å². The monoisotopic (exact) mass is 264 g/mol. The molecule has 2 heterocycles. The van der Waals surface area contributed by atoms with Gasteiger partial charge in [-0.05, 0) is 33.1 Å². The number of nitrogens with zero attached hydrogens (tertiary/aromatic N) is 2. The average Bonchev–Trinajstić information content (AvgIpc) is 2.26. The van der Waals surface area contributed by atoms with Crippen molar-refractivity contribution in [1.29, 1.82) is 0 Å². The minimum Gasteiger partial charge on any atom is -0.384 e. The molecule has 2 rings (SSSR count). The van der Waals surface area contributed by atoms with Gasteiger partial charge < -0.3 is 15.8 Å². The van der Waals surface area contributed by atoms with Gasteiger partial charge in [0.15, 0.2) is 0 Å². The Hall–Kier alpha value is -1.36. The van der Waals surface area contributed by atoms with E-state index in [0.717, 1.165) is 43.9 Å². The van der Waals surface area contributed by atoms with Crippen molar-refractivity contribution >= 4 is 11.6 Å². The molecule has 0 aromatic carbocycles. The number of hydrogen-bond acceptors (Lipinski definition) is 5. The maximum atomic E-state index is 5.83.